The first-order valence-corrected chi connectivity index (χ1v) is 5.98. The lowest BCUT2D eigenvalue weighted by atomic mass is 10.1. The molecule has 1 aromatic carbocycles. The molecule has 0 saturated carbocycles. The lowest BCUT2D eigenvalue weighted by Gasteiger charge is -2.02. The Morgan fingerprint density at radius 1 is 1.38 bits per heavy atom. The fourth-order valence-electron chi connectivity index (χ4n) is 1.38. The molecule has 0 spiro atoms. The van der Waals surface area contributed by atoms with E-state index >= 15 is 0 Å². The zero-order chi connectivity index (χ0) is 11.5. The molecule has 0 N–H and O–H groups in total. The maximum atomic E-state index is 13.4. The topological polar surface area (TPSA) is 17.1 Å². The summed E-state index contributed by atoms with van der Waals surface area (Å²) in [5.74, 6) is -0.490. The molecule has 2 rings (SSSR count). The van der Waals surface area contributed by atoms with Crippen LogP contribution in [0.3, 0.4) is 0 Å². The van der Waals surface area contributed by atoms with Gasteiger partial charge in [-0.2, -0.15) is 11.3 Å². The van der Waals surface area contributed by atoms with Crippen LogP contribution in [0.2, 0.25) is 5.02 Å². The molecule has 0 aliphatic carbocycles. The summed E-state index contributed by atoms with van der Waals surface area (Å²) in [5, 5.41) is 4.02. The lowest BCUT2D eigenvalue weighted by Crippen LogP contribution is -2.03. The van der Waals surface area contributed by atoms with Crippen LogP contribution in [0.25, 0.3) is 0 Å². The predicted octanol–water partition coefficient (Wildman–Crippen LogP) is 3.97. The molecule has 4 heteroatoms. The van der Waals surface area contributed by atoms with Gasteiger partial charge in [0.05, 0.1) is 0 Å². The van der Waals surface area contributed by atoms with Gasteiger partial charge in [-0.25, -0.2) is 4.39 Å². The van der Waals surface area contributed by atoms with E-state index in [0.717, 1.165) is 0 Å². The zero-order valence-electron chi connectivity index (χ0n) is 8.24. The quantitative estimate of drug-likeness (QED) is 0.758. The van der Waals surface area contributed by atoms with Gasteiger partial charge in [-0.1, -0.05) is 11.6 Å². The van der Waals surface area contributed by atoms with Crippen molar-refractivity contribution in [2.24, 2.45) is 0 Å². The highest BCUT2D eigenvalue weighted by Crippen LogP contribution is 2.17. The number of benzene rings is 1. The maximum Gasteiger partial charge on any atom is 0.168 e. The van der Waals surface area contributed by atoms with E-state index in [2.05, 4.69) is 0 Å². The number of carbonyl (C=O) groups excluding carboxylic acids is 1. The number of hydrogen-bond donors (Lipinski definition) is 0. The largest absolute Gasteiger partial charge is 0.294 e. The average molecular weight is 255 g/mol. The molecule has 0 aliphatic heterocycles. The fourth-order valence-corrected chi connectivity index (χ4v) is 2.23. The van der Waals surface area contributed by atoms with Crippen LogP contribution >= 0.6 is 22.9 Å². The minimum absolute atomic E-state index is 0.0448. The number of rotatable bonds is 3. The molecule has 2 aromatic rings. The summed E-state index contributed by atoms with van der Waals surface area (Å²) in [6, 6.07) is 5.96. The third kappa shape index (κ3) is 2.49. The number of thiophene rings is 1. The standard InChI is InChI=1S/C12H8ClFOS/c13-10-1-2-11(14)9(5-10)6-12(15)8-3-4-16-7-8/h1-5,7H,6H2. The summed E-state index contributed by atoms with van der Waals surface area (Å²) in [5.41, 5.74) is 0.952. The molecule has 1 nitrogen and oxygen atoms in total. The Hall–Kier alpha value is -1.19. The molecule has 0 radical (unpaired) electrons. The summed E-state index contributed by atoms with van der Waals surface area (Å²) in [6.45, 7) is 0. The van der Waals surface area contributed by atoms with Crippen molar-refractivity contribution in [3.8, 4) is 0 Å². The zero-order valence-corrected chi connectivity index (χ0v) is 9.82. The molecule has 0 unspecified atom stereocenters. The Morgan fingerprint density at radius 3 is 2.88 bits per heavy atom. The second-order valence-electron chi connectivity index (χ2n) is 3.35. The van der Waals surface area contributed by atoms with E-state index in [1.54, 1.807) is 11.4 Å². The molecular weight excluding hydrogens is 247 g/mol. The minimum Gasteiger partial charge on any atom is -0.294 e. The Kier molecular flexibility index (Phi) is 3.36. The van der Waals surface area contributed by atoms with Crippen LogP contribution in [0.5, 0.6) is 0 Å². The van der Waals surface area contributed by atoms with Gasteiger partial charge in [-0.05, 0) is 35.2 Å². The van der Waals surface area contributed by atoms with Crippen LogP contribution in [0.15, 0.2) is 35.0 Å². The van der Waals surface area contributed by atoms with Crippen molar-refractivity contribution in [1.82, 2.24) is 0 Å². The molecule has 0 saturated heterocycles. The van der Waals surface area contributed by atoms with Crippen LogP contribution in [-0.4, -0.2) is 5.78 Å². The van der Waals surface area contributed by atoms with Gasteiger partial charge in [-0.15, -0.1) is 0 Å². The first-order valence-electron chi connectivity index (χ1n) is 4.66. The second kappa shape index (κ2) is 4.76. The average Bonchev–Trinajstić information content (AvgIpc) is 2.76. The predicted molar refractivity (Wildman–Crippen MR) is 63.8 cm³/mol. The number of halogens is 2. The van der Waals surface area contributed by atoms with Gasteiger partial charge in [0.1, 0.15) is 5.82 Å². The SMILES string of the molecule is O=C(Cc1cc(Cl)ccc1F)c1ccsc1. The van der Waals surface area contributed by atoms with E-state index in [1.807, 2.05) is 5.38 Å². The first kappa shape index (κ1) is 11.3. The van der Waals surface area contributed by atoms with Crippen molar-refractivity contribution < 1.29 is 9.18 Å². The van der Waals surface area contributed by atoms with Crippen molar-refractivity contribution in [3.63, 3.8) is 0 Å². The van der Waals surface area contributed by atoms with Crippen molar-refractivity contribution in [3.05, 3.63) is 57.0 Å². The number of carbonyl (C=O) groups is 1. The molecular formula is C12H8ClFOS. The lowest BCUT2D eigenvalue weighted by molar-refractivity contribution is 0.0992. The highest BCUT2D eigenvalue weighted by Gasteiger charge is 2.11. The Morgan fingerprint density at radius 2 is 2.19 bits per heavy atom. The fraction of sp³-hybridized carbons (Fsp3) is 0.0833. The first-order chi connectivity index (χ1) is 7.66. The smallest absolute Gasteiger partial charge is 0.168 e. The van der Waals surface area contributed by atoms with Gasteiger partial charge in [0, 0.05) is 22.4 Å². The third-order valence-electron chi connectivity index (χ3n) is 2.20. The third-order valence-corrected chi connectivity index (χ3v) is 3.12. The molecule has 0 aliphatic rings. The number of Topliss-reactive ketones (excluding diaryl/α,β-unsaturated/α-hetero) is 1. The van der Waals surface area contributed by atoms with Gasteiger partial charge in [0.2, 0.25) is 0 Å². The van der Waals surface area contributed by atoms with E-state index in [-0.39, 0.29) is 12.2 Å². The molecule has 82 valence electrons. The van der Waals surface area contributed by atoms with Crippen molar-refractivity contribution in [2.75, 3.05) is 0 Å². The van der Waals surface area contributed by atoms with Gasteiger partial charge in [0.25, 0.3) is 0 Å². The number of ketones is 1. The maximum absolute atomic E-state index is 13.4. The molecule has 0 amide bonds. The molecule has 16 heavy (non-hydrogen) atoms. The van der Waals surface area contributed by atoms with E-state index < -0.39 is 5.82 Å². The molecule has 1 heterocycles. The molecule has 0 fully saturated rings. The van der Waals surface area contributed by atoms with Crippen LogP contribution in [-0.2, 0) is 6.42 Å². The van der Waals surface area contributed by atoms with E-state index in [0.29, 0.717) is 16.1 Å². The normalized spacial score (nSPS) is 10.4. The molecule has 0 bridgehead atoms. The van der Waals surface area contributed by atoms with Gasteiger partial charge < -0.3 is 0 Å². The van der Waals surface area contributed by atoms with Crippen molar-refractivity contribution in [1.29, 1.82) is 0 Å². The van der Waals surface area contributed by atoms with E-state index in [4.69, 9.17) is 11.6 Å². The van der Waals surface area contributed by atoms with Gasteiger partial charge in [-0.3, -0.25) is 4.79 Å². The van der Waals surface area contributed by atoms with Gasteiger partial charge in [0.15, 0.2) is 5.78 Å². The Bertz CT molecular complexity index is 508. The van der Waals surface area contributed by atoms with Crippen LogP contribution in [0.4, 0.5) is 4.39 Å². The summed E-state index contributed by atoms with van der Waals surface area (Å²) < 4.78 is 13.4. The highest BCUT2D eigenvalue weighted by molar-refractivity contribution is 7.08. The highest BCUT2D eigenvalue weighted by atomic mass is 35.5. The Labute approximate surface area is 101 Å². The van der Waals surface area contributed by atoms with Crippen LogP contribution in [0, 0.1) is 5.82 Å². The van der Waals surface area contributed by atoms with Crippen molar-refractivity contribution in [2.45, 2.75) is 6.42 Å². The van der Waals surface area contributed by atoms with Gasteiger partial charge >= 0.3 is 0 Å². The second-order valence-corrected chi connectivity index (χ2v) is 4.56. The summed E-state index contributed by atoms with van der Waals surface area (Å²) >= 11 is 7.19. The summed E-state index contributed by atoms with van der Waals surface area (Å²) in [6.07, 6.45) is 0.0448. The summed E-state index contributed by atoms with van der Waals surface area (Å²) in [4.78, 5) is 11.7. The van der Waals surface area contributed by atoms with E-state index in [9.17, 15) is 9.18 Å². The van der Waals surface area contributed by atoms with Crippen LogP contribution in [0.1, 0.15) is 15.9 Å². The Balaban J connectivity index is 2.21. The minimum atomic E-state index is -0.395. The summed E-state index contributed by atoms with van der Waals surface area (Å²) in [7, 11) is 0. The monoisotopic (exact) mass is 254 g/mol. The number of hydrogen-bond acceptors (Lipinski definition) is 2. The van der Waals surface area contributed by atoms with Crippen LogP contribution < -0.4 is 0 Å². The molecule has 1 aromatic heterocycles. The van der Waals surface area contributed by atoms with E-state index in [1.165, 1.54) is 29.5 Å². The van der Waals surface area contributed by atoms with Crippen molar-refractivity contribution >= 4 is 28.7 Å². The molecule has 0 atom stereocenters.